The fourth-order valence-electron chi connectivity index (χ4n) is 4.28. The number of carbonyl (C=O) groups is 1. The van der Waals surface area contributed by atoms with Gasteiger partial charge in [-0.05, 0) is 44.3 Å². The standard InChI is InChI=1S/C24H28FN5O3/c1-16(19-15-17(25)7-8-20(19)29-13-11-28(2)12-14-29)26-22(31)9-10-30-21-6-4-3-5-18(21)23(32)27-24(30)33/h3-8,15-16H,9-14H2,1-2H3,(H,26,31)(H,27,32,33). The van der Waals surface area contributed by atoms with Gasteiger partial charge in [0.05, 0.1) is 16.9 Å². The number of hydrogen-bond donors (Lipinski definition) is 2. The number of piperazine rings is 1. The van der Waals surface area contributed by atoms with Crippen LogP contribution in [0.5, 0.6) is 0 Å². The monoisotopic (exact) mass is 453 g/mol. The lowest BCUT2D eigenvalue weighted by Crippen LogP contribution is -2.45. The van der Waals surface area contributed by atoms with Gasteiger partial charge in [-0.1, -0.05) is 12.1 Å². The van der Waals surface area contributed by atoms with E-state index in [1.54, 1.807) is 30.3 Å². The van der Waals surface area contributed by atoms with Crippen molar-refractivity contribution in [1.82, 2.24) is 19.8 Å². The highest BCUT2D eigenvalue weighted by molar-refractivity contribution is 5.79. The molecule has 0 bridgehead atoms. The maximum absolute atomic E-state index is 14.1. The molecule has 0 saturated carbocycles. The van der Waals surface area contributed by atoms with Gasteiger partial charge < -0.3 is 15.1 Å². The Morgan fingerprint density at radius 3 is 2.61 bits per heavy atom. The van der Waals surface area contributed by atoms with Gasteiger partial charge in [0.1, 0.15) is 5.82 Å². The summed E-state index contributed by atoms with van der Waals surface area (Å²) in [5, 5.41) is 3.32. The van der Waals surface area contributed by atoms with Gasteiger partial charge in [0.2, 0.25) is 5.91 Å². The van der Waals surface area contributed by atoms with Gasteiger partial charge in [-0.15, -0.1) is 0 Å². The van der Waals surface area contributed by atoms with Gasteiger partial charge in [0.15, 0.2) is 0 Å². The van der Waals surface area contributed by atoms with Crippen LogP contribution in [0.2, 0.25) is 0 Å². The van der Waals surface area contributed by atoms with Crippen LogP contribution in [0, 0.1) is 5.82 Å². The van der Waals surface area contributed by atoms with E-state index in [0.29, 0.717) is 10.9 Å². The molecule has 0 aliphatic carbocycles. The molecule has 1 aliphatic heterocycles. The zero-order valence-electron chi connectivity index (χ0n) is 18.8. The summed E-state index contributed by atoms with van der Waals surface area (Å²) in [6.45, 7) is 5.44. The average Bonchev–Trinajstić information content (AvgIpc) is 2.79. The lowest BCUT2D eigenvalue weighted by molar-refractivity contribution is -0.121. The molecule has 1 aromatic heterocycles. The highest BCUT2D eigenvalue weighted by Crippen LogP contribution is 2.28. The largest absolute Gasteiger partial charge is 0.369 e. The van der Waals surface area contributed by atoms with E-state index in [1.165, 1.54) is 16.7 Å². The number of aromatic amines is 1. The highest BCUT2D eigenvalue weighted by atomic mass is 19.1. The first-order valence-corrected chi connectivity index (χ1v) is 11.1. The lowest BCUT2D eigenvalue weighted by atomic mass is 10.0. The van der Waals surface area contributed by atoms with Crippen LogP contribution in [0.3, 0.4) is 0 Å². The molecule has 2 N–H and O–H groups in total. The Bertz CT molecular complexity index is 1280. The van der Waals surface area contributed by atoms with E-state index in [2.05, 4.69) is 27.1 Å². The molecule has 1 fully saturated rings. The topological polar surface area (TPSA) is 90.4 Å². The van der Waals surface area contributed by atoms with Crippen LogP contribution in [-0.2, 0) is 11.3 Å². The summed E-state index contributed by atoms with van der Waals surface area (Å²) in [5.74, 6) is -0.617. The van der Waals surface area contributed by atoms with Gasteiger partial charge in [-0.3, -0.25) is 19.1 Å². The number of aromatic nitrogens is 2. The molecular weight excluding hydrogens is 425 g/mol. The molecule has 174 valence electrons. The number of para-hydroxylation sites is 1. The Labute approximate surface area is 190 Å². The molecule has 8 nitrogen and oxygen atoms in total. The summed E-state index contributed by atoms with van der Waals surface area (Å²) in [7, 11) is 2.07. The molecule has 3 aromatic rings. The number of H-pyrrole nitrogens is 1. The number of amides is 1. The predicted molar refractivity (Wildman–Crippen MR) is 126 cm³/mol. The molecule has 9 heteroatoms. The molecule has 0 radical (unpaired) electrons. The van der Waals surface area contributed by atoms with Crippen molar-refractivity contribution in [2.24, 2.45) is 0 Å². The third-order valence-corrected chi connectivity index (χ3v) is 6.15. The van der Waals surface area contributed by atoms with E-state index in [1.807, 2.05) is 6.92 Å². The molecule has 1 atom stereocenters. The minimum Gasteiger partial charge on any atom is -0.369 e. The van der Waals surface area contributed by atoms with Crippen LogP contribution in [0.4, 0.5) is 10.1 Å². The number of fused-ring (bicyclic) bond motifs is 1. The number of halogens is 1. The Hall–Kier alpha value is -3.46. The summed E-state index contributed by atoms with van der Waals surface area (Å²) < 4.78 is 15.5. The Morgan fingerprint density at radius 2 is 1.85 bits per heavy atom. The first kappa shape index (κ1) is 22.7. The summed E-state index contributed by atoms with van der Waals surface area (Å²) in [6.07, 6.45) is 0.0411. The molecule has 33 heavy (non-hydrogen) atoms. The Kier molecular flexibility index (Phi) is 6.60. The number of anilines is 1. The number of rotatable bonds is 6. The highest BCUT2D eigenvalue weighted by Gasteiger charge is 2.21. The van der Waals surface area contributed by atoms with Crippen molar-refractivity contribution in [2.75, 3.05) is 38.1 Å². The van der Waals surface area contributed by atoms with Crippen molar-refractivity contribution in [3.05, 3.63) is 74.7 Å². The van der Waals surface area contributed by atoms with Gasteiger partial charge in [0, 0.05) is 50.4 Å². The first-order valence-electron chi connectivity index (χ1n) is 11.1. The average molecular weight is 454 g/mol. The quantitative estimate of drug-likeness (QED) is 0.595. The van der Waals surface area contributed by atoms with Crippen LogP contribution >= 0.6 is 0 Å². The SMILES string of the molecule is CC(NC(=O)CCn1c(=O)[nH]c(=O)c2ccccc21)c1cc(F)ccc1N1CCN(C)CC1. The fraction of sp³-hybridized carbons (Fsp3) is 0.375. The molecule has 4 rings (SSSR count). The Balaban J connectivity index is 1.48. The van der Waals surface area contributed by atoms with Crippen molar-refractivity contribution in [1.29, 1.82) is 0 Å². The van der Waals surface area contributed by atoms with Crippen molar-refractivity contribution >= 4 is 22.5 Å². The van der Waals surface area contributed by atoms with Crippen LogP contribution in [-0.4, -0.2) is 53.6 Å². The number of aryl methyl sites for hydroxylation is 1. The second kappa shape index (κ2) is 9.58. The van der Waals surface area contributed by atoms with Gasteiger partial charge in [0.25, 0.3) is 5.56 Å². The Morgan fingerprint density at radius 1 is 1.12 bits per heavy atom. The molecular formula is C24H28FN5O3. The van der Waals surface area contributed by atoms with Crippen LogP contribution in [0.15, 0.2) is 52.1 Å². The number of benzene rings is 2. The summed E-state index contributed by atoms with van der Waals surface area (Å²) in [6, 6.07) is 11.0. The maximum atomic E-state index is 14.1. The summed E-state index contributed by atoms with van der Waals surface area (Å²) >= 11 is 0. The minimum absolute atomic E-state index is 0.0411. The maximum Gasteiger partial charge on any atom is 0.328 e. The summed E-state index contributed by atoms with van der Waals surface area (Å²) in [4.78, 5) is 43.8. The normalized spacial score (nSPS) is 15.5. The van der Waals surface area contributed by atoms with Gasteiger partial charge in [-0.2, -0.15) is 0 Å². The smallest absolute Gasteiger partial charge is 0.328 e. The summed E-state index contributed by atoms with van der Waals surface area (Å²) in [5.41, 5.74) is 1.11. The zero-order valence-corrected chi connectivity index (χ0v) is 18.8. The molecule has 1 unspecified atom stereocenters. The molecule has 1 saturated heterocycles. The fourth-order valence-corrected chi connectivity index (χ4v) is 4.28. The molecule has 0 spiro atoms. The van der Waals surface area contributed by atoms with Crippen LogP contribution in [0.1, 0.15) is 24.9 Å². The van der Waals surface area contributed by atoms with Crippen molar-refractivity contribution in [3.8, 4) is 0 Å². The third kappa shape index (κ3) is 4.98. The second-order valence-corrected chi connectivity index (χ2v) is 8.46. The third-order valence-electron chi connectivity index (χ3n) is 6.15. The first-order chi connectivity index (χ1) is 15.8. The second-order valence-electron chi connectivity index (χ2n) is 8.46. The van der Waals surface area contributed by atoms with Crippen molar-refractivity contribution < 1.29 is 9.18 Å². The van der Waals surface area contributed by atoms with Crippen molar-refractivity contribution in [2.45, 2.75) is 25.9 Å². The number of nitrogens with one attached hydrogen (secondary N) is 2. The van der Waals surface area contributed by atoms with E-state index in [9.17, 15) is 18.8 Å². The molecule has 1 aliphatic rings. The molecule has 2 aromatic carbocycles. The number of nitrogens with zero attached hydrogens (tertiary/aromatic N) is 3. The zero-order chi connectivity index (χ0) is 23.5. The van der Waals surface area contributed by atoms with Crippen LogP contribution in [0.25, 0.3) is 10.9 Å². The lowest BCUT2D eigenvalue weighted by Gasteiger charge is -2.36. The number of carbonyl (C=O) groups excluding carboxylic acids is 1. The van der Waals surface area contributed by atoms with E-state index >= 15 is 0 Å². The molecule has 1 amide bonds. The predicted octanol–water partition coefficient (Wildman–Crippen LogP) is 1.85. The van der Waals surface area contributed by atoms with E-state index < -0.39 is 17.3 Å². The van der Waals surface area contributed by atoms with Crippen molar-refractivity contribution in [3.63, 3.8) is 0 Å². The number of likely N-dealkylation sites (N-methyl/N-ethyl adjacent to an activating group) is 1. The minimum atomic E-state index is -0.554. The molecule has 2 heterocycles. The van der Waals surface area contributed by atoms with Crippen LogP contribution < -0.4 is 21.5 Å². The van der Waals surface area contributed by atoms with E-state index in [4.69, 9.17) is 0 Å². The van der Waals surface area contributed by atoms with E-state index in [-0.39, 0.29) is 24.7 Å². The number of hydrogen-bond acceptors (Lipinski definition) is 5. The van der Waals surface area contributed by atoms with E-state index in [0.717, 1.165) is 37.4 Å². The van der Waals surface area contributed by atoms with Gasteiger partial charge in [-0.25, -0.2) is 9.18 Å². The van der Waals surface area contributed by atoms with Gasteiger partial charge >= 0.3 is 5.69 Å².